The van der Waals surface area contributed by atoms with E-state index in [1.165, 1.54) is 17.5 Å². The maximum Gasteiger partial charge on any atom is 0.341 e. The first-order chi connectivity index (χ1) is 7.59. The molecule has 2 rings (SSSR count). The molecule has 2 heterocycles. The molecule has 2 aromatic heterocycles. The number of carboxylic acids is 1. The maximum atomic E-state index is 10.9. The predicted molar refractivity (Wildman–Crippen MR) is 58.9 cm³/mol. The molecule has 16 heavy (non-hydrogen) atoms. The first-order valence-corrected chi connectivity index (χ1v) is 5.22. The maximum absolute atomic E-state index is 10.9. The Balaban J connectivity index is 2.42. The molecule has 0 bridgehead atoms. The van der Waals surface area contributed by atoms with Crippen molar-refractivity contribution < 1.29 is 14.4 Å². The summed E-state index contributed by atoms with van der Waals surface area (Å²) in [4.78, 5) is 17.5. The largest absolute Gasteiger partial charge is 0.477 e. The molecule has 0 aromatic carbocycles. The number of anilines is 1. The molecular formula is C9H9N3O3S. The van der Waals surface area contributed by atoms with Crippen LogP contribution in [-0.4, -0.2) is 35.3 Å². The van der Waals surface area contributed by atoms with E-state index in [1.54, 1.807) is 6.20 Å². The van der Waals surface area contributed by atoms with Gasteiger partial charge in [-0.2, -0.15) is 0 Å². The molecule has 6 nitrogen and oxygen atoms in total. The fraction of sp³-hybridized carbons (Fsp3) is 0.222. The van der Waals surface area contributed by atoms with E-state index in [-0.39, 0.29) is 11.3 Å². The van der Waals surface area contributed by atoms with Crippen molar-refractivity contribution in [2.24, 2.45) is 0 Å². The lowest BCUT2D eigenvalue weighted by atomic mass is 10.2. The summed E-state index contributed by atoms with van der Waals surface area (Å²) in [7, 11) is 3.72. The molecule has 84 valence electrons. The number of hydrogen-bond donors (Lipinski definition) is 1. The molecule has 0 amide bonds. The van der Waals surface area contributed by atoms with Crippen LogP contribution in [0.5, 0.6) is 0 Å². The fourth-order valence-electron chi connectivity index (χ4n) is 1.15. The second kappa shape index (κ2) is 3.93. The third kappa shape index (κ3) is 1.76. The monoisotopic (exact) mass is 239 g/mol. The number of hydrogen-bond acceptors (Lipinski definition) is 6. The summed E-state index contributed by atoms with van der Waals surface area (Å²) in [6.07, 6.45) is 2.76. The number of aromatic nitrogens is 2. The van der Waals surface area contributed by atoms with Gasteiger partial charge in [0.15, 0.2) is 10.9 Å². The van der Waals surface area contributed by atoms with Crippen LogP contribution < -0.4 is 4.90 Å². The van der Waals surface area contributed by atoms with Gasteiger partial charge in [0.2, 0.25) is 0 Å². The van der Waals surface area contributed by atoms with Crippen molar-refractivity contribution in [2.45, 2.75) is 0 Å². The lowest BCUT2D eigenvalue weighted by Gasteiger charge is -2.04. The number of nitrogens with zero attached hydrogens (tertiary/aromatic N) is 3. The van der Waals surface area contributed by atoms with Gasteiger partial charge in [0.05, 0.1) is 17.3 Å². The minimum absolute atomic E-state index is 0.0500. The molecule has 1 N–H and O–H groups in total. The Labute approximate surface area is 95.1 Å². The van der Waals surface area contributed by atoms with Gasteiger partial charge < -0.3 is 14.5 Å². The zero-order chi connectivity index (χ0) is 11.7. The van der Waals surface area contributed by atoms with E-state index in [0.717, 1.165) is 5.13 Å². The van der Waals surface area contributed by atoms with Gasteiger partial charge in [0, 0.05) is 14.1 Å². The number of aromatic carboxylic acids is 1. The predicted octanol–water partition coefficient (Wildman–Crippen LogP) is 1.56. The second-order valence-electron chi connectivity index (χ2n) is 3.28. The second-order valence-corrected chi connectivity index (χ2v) is 4.28. The zero-order valence-corrected chi connectivity index (χ0v) is 9.48. The fourth-order valence-corrected chi connectivity index (χ4v) is 1.98. The lowest BCUT2D eigenvalue weighted by Crippen LogP contribution is -2.07. The highest BCUT2D eigenvalue weighted by molar-refractivity contribution is 7.18. The molecule has 0 aliphatic carbocycles. The van der Waals surface area contributed by atoms with Crippen LogP contribution in [0.15, 0.2) is 16.9 Å². The average molecular weight is 239 g/mol. The van der Waals surface area contributed by atoms with Crippen LogP contribution in [0.2, 0.25) is 0 Å². The van der Waals surface area contributed by atoms with Crippen molar-refractivity contribution in [1.82, 2.24) is 10.1 Å². The van der Waals surface area contributed by atoms with Crippen molar-refractivity contribution >= 4 is 22.4 Å². The first-order valence-electron chi connectivity index (χ1n) is 4.41. The highest BCUT2D eigenvalue weighted by Gasteiger charge is 2.19. The Bertz CT molecular complexity index is 518. The Morgan fingerprint density at radius 1 is 1.50 bits per heavy atom. The van der Waals surface area contributed by atoms with Gasteiger partial charge in [-0.05, 0) is 0 Å². The molecule has 0 aliphatic heterocycles. The average Bonchev–Trinajstić information content (AvgIpc) is 2.86. The van der Waals surface area contributed by atoms with Gasteiger partial charge in [-0.3, -0.25) is 0 Å². The van der Waals surface area contributed by atoms with Crippen LogP contribution in [0.4, 0.5) is 5.13 Å². The van der Waals surface area contributed by atoms with E-state index < -0.39 is 5.97 Å². The zero-order valence-electron chi connectivity index (χ0n) is 8.67. The van der Waals surface area contributed by atoms with Crippen LogP contribution in [0.25, 0.3) is 10.6 Å². The number of carboxylic acid groups (broad SMARTS) is 1. The van der Waals surface area contributed by atoms with E-state index in [2.05, 4.69) is 10.1 Å². The number of thiazole rings is 1. The van der Waals surface area contributed by atoms with Gasteiger partial charge in [0.1, 0.15) is 5.56 Å². The van der Waals surface area contributed by atoms with E-state index >= 15 is 0 Å². The minimum atomic E-state index is -1.06. The SMILES string of the molecule is CN(C)c1ncc(-c2oncc2C(=O)O)s1. The summed E-state index contributed by atoms with van der Waals surface area (Å²) in [5, 5.41) is 13.2. The van der Waals surface area contributed by atoms with Crippen LogP contribution in [0.3, 0.4) is 0 Å². The van der Waals surface area contributed by atoms with E-state index in [4.69, 9.17) is 9.63 Å². The van der Waals surface area contributed by atoms with Gasteiger partial charge in [-0.15, -0.1) is 0 Å². The summed E-state index contributed by atoms with van der Waals surface area (Å²) >= 11 is 1.35. The van der Waals surface area contributed by atoms with Gasteiger partial charge >= 0.3 is 5.97 Å². The van der Waals surface area contributed by atoms with Gasteiger partial charge in [-0.25, -0.2) is 9.78 Å². The smallest absolute Gasteiger partial charge is 0.341 e. The normalized spacial score (nSPS) is 10.4. The molecule has 0 fully saturated rings. The van der Waals surface area contributed by atoms with Crippen LogP contribution in [0, 0.1) is 0 Å². The Morgan fingerprint density at radius 3 is 2.81 bits per heavy atom. The summed E-state index contributed by atoms with van der Waals surface area (Å²) in [5.74, 6) is -0.811. The van der Waals surface area contributed by atoms with Crippen molar-refractivity contribution in [1.29, 1.82) is 0 Å². The molecule has 0 aliphatic rings. The van der Waals surface area contributed by atoms with Crippen molar-refractivity contribution in [3.63, 3.8) is 0 Å². The molecule has 0 saturated heterocycles. The van der Waals surface area contributed by atoms with Crippen LogP contribution >= 0.6 is 11.3 Å². The van der Waals surface area contributed by atoms with Crippen molar-refractivity contribution in [3.8, 4) is 10.6 Å². The van der Waals surface area contributed by atoms with Crippen molar-refractivity contribution in [2.75, 3.05) is 19.0 Å². The Kier molecular flexibility index (Phi) is 2.61. The molecule has 0 spiro atoms. The lowest BCUT2D eigenvalue weighted by molar-refractivity contribution is 0.0697. The molecule has 0 saturated carbocycles. The standard InChI is InChI=1S/C9H9N3O3S/c1-12(2)9-10-4-6(16-9)7-5(8(13)14)3-11-15-7/h3-4H,1-2H3,(H,13,14). The van der Waals surface area contributed by atoms with E-state index in [9.17, 15) is 4.79 Å². The summed E-state index contributed by atoms with van der Waals surface area (Å²) in [6, 6.07) is 0. The Morgan fingerprint density at radius 2 is 2.25 bits per heavy atom. The number of rotatable bonds is 3. The van der Waals surface area contributed by atoms with Crippen LogP contribution in [0.1, 0.15) is 10.4 Å². The molecule has 2 aromatic rings. The summed E-state index contributed by atoms with van der Waals surface area (Å²) in [5.41, 5.74) is 0.0500. The molecule has 0 atom stereocenters. The van der Waals surface area contributed by atoms with Gasteiger partial charge in [-0.1, -0.05) is 16.5 Å². The highest BCUT2D eigenvalue weighted by atomic mass is 32.1. The van der Waals surface area contributed by atoms with Crippen molar-refractivity contribution in [3.05, 3.63) is 18.0 Å². The van der Waals surface area contributed by atoms with E-state index in [0.29, 0.717) is 4.88 Å². The molecule has 0 radical (unpaired) electrons. The summed E-state index contributed by atoms with van der Waals surface area (Å²) in [6.45, 7) is 0. The Hall–Kier alpha value is -1.89. The third-order valence-corrected chi connectivity index (χ3v) is 3.06. The summed E-state index contributed by atoms with van der Waals surface area (Å²) < 4.78 is 4.93. The van der Waals surface area contributed by atoms with Gasteiger partial charge in [0.25, 0.3) is 0 Å². The quantitative estimate of drug-likeness (QED) is 0.875. The number of carbonyl (C=O) groups is 1. The molecule has 7 heteroatoms. The van der Waals surface area contributed by atoms with Crippen LogP contribution in [-0.2, 0) is 0 Å². The molecular weight excluding hydrogens is 230 g/mol. The third-order valence-electron chi connectivity index (χ3n) is 1.90. The first kappa shape index (κ1) is 10.6. The highest BCUT2D eigenvalue weighted by Crippen LogP contribution is 2.32. The molecule has 0 unspecified atom stereocenters. The minimum Gasteiger partial charge on any atom is -0.477 e. The van der Waals surface area contributed by atoms with E-state index in [1.807, 2.05) is 19.0 Å². The topological polar surface area (TPSA) is 79.5 Å².